The predicted octanol–water partition coefficient (Wildman–Crippen LogP) is 5.38. The van der Waals surface area contributed by atoms with Crippen molar-refractivity contribution in [2.45, 2.75) is 39.2 Å². The summed E-state index contributed by atoms with van der Waals surface area (Å²) in [5, 5.41) is 20.1. The Hall–Kier alpha value is -3.01. The van der Waals surface area contributed by atoms with Gasteiger partial charge in [-0.05, 0) is 49.0 Å². The van der Waals surface area contributed by atoms with E-state index in [1.54, 1.807) is 18.3 Å². The SMILES string of the molecule is CCC(CCCCn1ccnc1)=C(c1ccccc1)c1ccc(O)cc1O. The summed E-state index contributed by atoms with van der Waals surface area (Å²) in [5.41, 5.74) is 4.24. The molecule has 0 atom stereocenters. The quantitative estimate of drug-likeness (QED) is 0.529. The van der Waals surface area contributed by atoms with Gasteiger partial charge in [-0.3, -0.25) is 0 Å². The van der Waals surface area contributed by atoms with Gasteiger partial charge in [0, 0.05) is 30.6 Å². The molecule has 0 spiro atoms. The minimum absolute atomic E-state index is 0.0713. The van der Waals surface area contributed by atoms with Crippen LogP contribution in [0.3, 0.4) is 0 Å². The normalized spacial score (nSPS) is 12.0. The molecule has 3 rings (SSSR count). The third-order valence-corrected chi connectivity index (χ3v) is 4.80. The molecule has 0 aliphatic rings. The molecule has 4 heteroatoms. The maximum Gasteiger partial charge on any atom is 0.127 e. The number of unbranched alkanes of at least 4 members (excludes halogenated alkanes) is 1. The number of aromatic hydroxyl groups is 2. The Bertz CT molecular complexity index is 884. The Morgan fingerprint density at radius 2 is 1.85 bits per heavy atom. The summed E-state index contributed by atoms with van der Waals surface area (Å²) < 4.78 is 2.10. The van der Waals surface area contributed by atoms with Crippen molar-refractivity contribution in [3.05, 3.63) is 84.0 Å². The second kappa shape index (κ2) is 9.08. The van der Waals surface area contributed by atoms with Crippen LogP contribution in [0.25, 0.3) is 5.57 Å². The fourth-order valence-electron chi connectivity index (χ4n) is 3.42. The zero-order chi connectivity index (χ0) is 19.1. The van der Waals surface area contributed by atoms with Gasteiger partial charge >= 0.3 is 0 Å². The Kier molecular flexibility index (Phi) is 6.31. The van der Waals surface area contributed by atoms with Crippen LogP contribution in [-0.2, 0) is 6.54 Å². The van der Waals surface area contributed by atoms with Gasteiger partial charge in [0.15, 0.2) is 0 Å². The topological polar surface area (TPSA) is 58.3 Å². The van der Waals surface area contributed by atoms with Crippen molar-refractivity contribution < 1.29 is 10.2 Å². The molecule has 0 radical (unpaired) electrons. The molecule has 1 aromatic heterocycles. The average molecular weight is 362 g/mol. The maximum absolute atomic E-state index is 10.5. The summed E-state index contributed by atoms with van der Waals surface area (Å²) >= 11 is 0. The van der Waals surface area contributed by atoms with Gasteiger partial charge in [0.25, 0.3) is 0 Å². The number of hydrogen-bond donors (Lipinski definition) is 2. The minimum atomic E-state index is 0.0713. The van der Waals surface area contributed by atoms with E-state index < -0.39 is 0 Å². The molecule has 0 saturated heterocycles. The van der Waals surface area contributed by atoms with E-state index in [1.165, 1.54) is 11.6 Å². The molecule has 2 aromatic carbocycles. The van der Waals surface area contributed by atoms with Crippen LogP contribution in [-0.4, -0.2) is 19.8 Å². The van der Waals surface area contributed by atoms with Gasteiger partial charge in [0.05, 0.1) is 6.33 Å². The third kappa shape index (κ3) is 4.79. The van der Waals surface area contributed by atoms with E-state index in [-0.39, 0.29) is 11.5 Å². The van der Waals surface area contributed by atoms with Crippen LogP contribution >= 0.6 is 0 Å². The van der Waals surface area contributed by atoms with Crippen molar-refractivity contribution in [2.24, 2.45) is 0 Å². The molecular weight excluding hydrogens is 336 g/mol. The Balaban J connectivity index is 1.88. The highest BCUT2D eigenvalue weighted by Crippen LogP contribution is 2.37. The van der Waals surface area contributed by atoms with E-state index >= 15 is 0 Å². The largest absolute Gasteiger partial charge is 0.508 e. The highest BCUT2D eigenvalue weighted by atomic mass is 16.3. The molecule has 1 heterocycles. The van der Waals surface area contributed by atoms with E-state index in [0.29, 0.717) is 0 Å². The molecule has 4 nitrogen and oxygen atoms in total. The first-order chi connectivity index (χ1) is 13.2. The molecule has 3 aromatic rings. The van der Waals surface area contributed by atoms with Gasteiger partial charge < -0.3 is 14.8 Å². The highest BCUT2D eigenvalue weighted by molar-refractivity contribution is 5.85. The monoisotopic (exact) mass is 362 g/mol. The number of phenolic OH excluding ortho intramolecular Hbond substituents is 2. The van der Waals surface area contributed by atoms with E-state index in [1.807, 2.05) is 30.7 Å². The molecule has 2 N–H and O–H groups in total. The minimum Gasteiger partial charge on any atom is -0.508 e. The van der Waals surface area contributed by atoms with Gasteiger partial charge in [-0.15, -0.1) is 0 Å². The van der Waals surface area contributed by atoms with Gasteiger partial charge in [-0.1, -0.05) is 42.8 Å². The summed E-state index contributed by atoms with van der Waals surface area (Å²) in [4.78, 5) is 4.08. The van der Waals surface area contributed by atoms with Crippen LogP contribution < -0.4 is 0 Å². The maximum atomic E-state index is 10.5. The van der Waals surface area contributed by atoms with Crippen molar-refractivity contribution in [1.82, 2.24) is 9.55 Å². The number of aryl methyl sites for hydroxylation is 1. The molecule has 140 valence electrons. The molecular formula is C23H26N2O2. The summed E-state index contributed by atoms with van der Waals surface area (Å²) in [7, 11) is 0. The number of hydrogen-bond acceptors (Lipinski definition) is 3. The van der Waals surface area contributed by atoms with Crippen molar-refractivity contribution in [3.8, 4) is 11.5 Å². The number of rotatable bonds is 8. The van der Waals surface area contributed by atoms with Crippen molar-refractivity contribution in [2.75, 3.05) is 0 Å². The zero-order valence-electron chi connectivity index (χ0n) is 15.7. The summed E-state index contributed by atoms with van der Waals surface area (Å²) in [5.74, 6) is 0.181. The van der Waals surface area contributed by atoms with Crippen molar-refractivity contribution >= 4 is 5.57 Å². The Morgan fingerprint density at radius 1 is 1.04 bits per heavy atom. The molecule has 0 aliphatic carbocycles. The van der Waals surface area contributed by atoms with E-state index in [0.717, 1.165) is 48.9 Å². The number of imidazole rings is 1. The van der Waals surface area contributed by atoms with Crippen LogP contribution in [0.2, 0.25) is 0 Å². The molecule has 0 amide bonds. The van der Waals surface area contributed by atoms with Crippen LogP contribution in [0.4, 0.5) is 0 Å². The van der Waals surface area contributed by atoms with Crippen LogP contribution in [0.1, 0.15) is 43.7 Å². The lowest BCUT2D eigenvalue weighted by Gasteiger charge is -2.17. The lowest BCUT2D eigenvalue weighted by Crippen LogP contribution is -1.98. The first-order valence-electron chi connectivity index (χ1n) is 9.44. The fourth-order valence-corrected chi connectivity index (χ4v) is 3.42. The van der Waals surface area contributed by atoms with E-state index in [9.17, 15) is 10.2 Å². The fraction of sp³-hybridized carbons (Fsp3) is 0.261. The number of aromatic nitrogens is 2. The van der Waals surface area contributed by atoms with Gasteiger partial charge in [-0.25, -0.2) is 4.98 Å². The smallest absolute Gasteiger partial charge is 0.127 e. The molecule has 0 aliphatic heterocycles. The van der Waals surface area contributed by atoms with Crippen LogP contribution in [0, 0.1) is 0 Å². The number of nitrogens with zero attached hydrogens (tertiary/aromatic N) is 2. The molecule has 27 heavy (non-hydrogen) atoms. The standard InChI is InChI=1S/C23H26N2O2/c1-2-18(8-6-7-14-25-15-13-24-17-25)23(19-9-4-3-5-10-19)21-12-11-20(26)16-22(21)27/h3-5,9-13,15-17,26-27H,2,6-8,14H2,1H3. The summed E-state index contributed by atoms with van der Waals surface area (Å²) in [6, 6.07) is 15.0. The Labute approximate surface area is 160 Å². The van der Waals surface area contributed by atoms with Crippen LogP contribution in [0.15, 0.2) is 72.8 Å². The third-order valence-electron chi connectivity index (χ3n) is 4.80. The van der Waals surface area contributed by atoms with Crippen LogP contribution in [0.5, 0.6) is 11.5 Å². The molecule has 0 fully saturated rings. The number of allylic oxidation sites excluding steroid dienone is 1. The lowest BCUT2D eigenvalue weighted by atomic mass is 9.89. The second-order valence-electron chi connectivity index (χ2n) is 6.66. The average Bonchev–Trinajstić information content (AvgIpc) is 3.19. The van der Waals surface area contributed by atoms with Crippen molar-refractivity contribution in [3.63, 3.8) is 0 Å². The number of benzene rings is 2. The first-order valence-corrected chi connectivity index (χ1v) is 9.44. The van der Waals surface area contributed by atoms with E-state index in [4.69, 9.17) is 0 Å². The molecule has 0 unspecified atom stereocenters. The highest BCUT2D eigenvalue weighted by Gasteiger charge is 2.15. The Morgan fingerprint density at radius 3 is 2.52 bits per heavy atom. The molecule has 0 bridgehead atoms. The van der Waals surface area contributed by atoms with Gasteiger partial charge in [0.2, 0.25) is 0 Å². The van der Waals surface area contributed by atoms with Gasteiger partial charge in [-0.2, -0.15) is 0 Å². The van der Waals surface area contributed by atoms with E-state index in [2.05, 4.69) is 28.6 Å². The summed E-state index contributed by atoms with van der Waals surface area (Å²) in [6.07, 6.45) is 9.66. The second-order valence-corrected chi connectivity index (χ2v) is 6.66. The summed E-state index contributed by atoms with van der Waals surface area (Å²) in [6.45, 7) is 3.12. The van der Waals surface area contributed by atoms with Gasteiger partial charge in [0.1, 0.15) is 11.5 Å². The first kappa shape index (κ1) is 18.8. The lowest BCUT2D eigenvalue weighted by molar-refractivity contribution is 0.449. The zero-order valence-corrected chi connectivity index (χ0v) is 15.7. The number of phenols is 2. The van der Waals surface area contributed by atoms with Crippen molar-refractivity contribution in [1.29, 1.82) is 0 Å². The molecule has 0 saturated carbocycles. The predicted molar refractivity (Wildman–Crippen MR) is 109 cm³/mol.